The summed E-state index contributed by atoms with van der Waals surface area (Å²) in [7, 11) is -3.46. The first-order chi connectivity index (χ1) is 10.5. The van der Waals surface area contributed by atoms with Crippen LogP contribution in [0.15, 0.2) is 35.2 Å². The van der Waals surface area contributed by atoms with Gasteiger partial charge in [-0.3, -0.25) is 15.2 Å². The van der Waals surface area contributed by atoms with Gasteiger partial charge in [0.05, 0.1) is 10.6 Å². The molecule has 1 aromatic carbocycles. The molecule has 2 aromatic rings. The molecule has 0 aliphatic heterocycles. The lowest BCUT2D eigenvalue weighted by Crippen LogP contribution is -2.18. The number of aromatic amines is 1. The van der Waals surface area contributed by atoms with Gasteiger partial charge in [-0.15, -0.1) is 5.10 Å². The van der Waals surface area contributed by atoms with Crippen molar-refractivity contribution in [2.24, 2.45) is 0 Å². The topological polar surface area (TPSA) is 105 Å². The minimum atomic E-state index is -3.46. The highest BCUT2D eigenvalue weighted by Gasteiger charge is 2.16. The van der Waals surface area contributed by atoms with E-state index >= 15 is 0 Å². The number of amides is 1. The number of hydrogen-bond donors (Lipinski definition) is 2. The predicted molar refractivity (Wildman–Crippen MR) is 82.1 cm³/mol. The summed E-state index contributed by atoms with van der Waals surface area (Å²) in [5.74, 6) is 0.177. The van der Waals surface area contributed by atoms with Crippen LogP contribution in [0.2, 0.25) is 0 Å². The lowest BCUT2D eigenvalue weighted by molar-refractivity contribution is -0.115. The van der Waals surface area contributed by atoms with Crippen LogP contribution in [-0.4, -0.2) is 35.3 Å². The van der Waals surface area contributed by atoms with E-state index < -0.39 is 15.7 Å². The van der Waals surface area contributed by atoms with Crippen molar-refractivity contribution in [2.75, 3.05) is 11.1 Å². The number of hydrogen-bond acceptors (Lipinski definition) is 5. The molecular formula is C14H18N4O3S. The van der Waals surface area contributed by atoms with Gasteiger partial charge in [-0.05, 0) is 18.6 Å². The number of carbonyl (C=O) groups is 1. The number of rotatable bonds is 7. The Bertz CT molecular complexity index is 726. The van der Waals surface area contributed by atoms with E-state index in [2.05, 4.69) is 20.5 Å². The number of H-pyrrole nitrogens is 1. The third-order valence-corrected chi connectivity index (χ3v) is 4.70. The second-order valence-electron chi connectivity index (χ2n) is 4.79. The van der Waals surface area contributed by atoms with E-state index in [-0.39, 0.29) is 23.0 Å². The first kappa shape index (κ1) is 16.2. The van der Waals surface area contributed by atoms with Gasteiger partial charge < -0.3 is 0 Å². The molecule has 0 aliphatic carbocycles. The highest BCUT2D eigenvalue weighted by Crippen LogP contribution is 2.11. The summed E-state index contributed by atoms with van der Waals surface area (Å²) in [6.07, 6.45) is 1.51. The Kier molecular flexibility index (Phi) is 5.26. The highest BCUT2D eigenvalue weighted by atomic mass is 32.2. The third-order valence-electron chi connectivity index (χ3n) is 2.97. The van der Waals surface area contributed by atoms with Crippen molar-refractivity contribution in [3.05, 3.63) is 36.2 Å². The van der Waals surface area contributed by atoms with Gasteiger partial charge in [0.15, 0.2) is 9.84 Å². The Labute approximate surface area is 129 Å². The van der Waals surface area contributed by atoms with Crippen LogP contribution in [0.25, 0.3) is 0 Å². The Morgan fingerprint density at radius 2 is 2.00 bits per heavy atom. The van der Waals surface area contributed by atoms with Crippen molar-refractivity contribution in [3.63, 3.8) is 0 Å². The minimum Gasteiger partial charge on any atom is -0.293 e. The average molecular weight is 322 g/mol. The van der Waals surface area contributed by atoms with Crippen molar-refractivity contribution >= 4 is 21.7 Å². The molecule has 0 spiro atoms. The molecule has 1 heterocycles. The van der Waals surface area contributed by atoms with E-state index in [1.165, 1.54) is 12.1 Å². The number of sulfone groups is 1. The van der Waals surface area contributed by atoms with Crippen LogP contribution in [0.3, 0.4) is 0 Å². The molecule has 0 saturated heterocycles. The zero-order valence-electron chi connectivity index (χ0n) is 12.2. The molecule has 1 amide bonds. The summed E-state index contributed by atoms with van der Waals surface area (Å²) in [6.45, 7) is 2.01. The smallest absolute Gasteiger partial charge is 0.248 e. The SMILES string of the molecule is CCCc1nc(NC(=O)CCS(=O)(=O)c2ccccc2)n[nH]1. The molecule has 2 rings (SSSR count). The van der Waals surface area contributed by atoms with Gasteiger partial charge in [-0.25, -0.2) is 8.42 Å². The monoisotopic (exact) mass is 322 g/mol. The van der Waals surface area contributed by atoms with Crippen LogP contribution in [0.1, 0.15) is 25.6 Å². The summed E-state index contributed by atoms with van der Waals surface area (Å²) < 4.78 is 24.1. The van der Waals surface area contributed by atoms with Gasteiger partial charge in [-0.1, -0.05) is 25.1 Å². The fourth-order valence-corrected chi connectivity index (χ4v) is 3.12. The Balaban J connectivity index is 1.89. The van der Waals surface area contributed by atoms with Crippen LogP contribution in [0.4, 0.5) is 5.95 Å². The van der Waals surface area contributed by atoms with E-state index in [4.69, 9.17) is 0 Å². The van der Waals surface area contributed by atoms with Crippen molar-refractivity contribution in [3.8, 4) is 0 Å². The molecule has 0 aliphatic rings. The van der Waals surface area contributed by atoms with E-state index in [1.54, 1.807) is 18.2 Å². The normalized spacial score (nSPS) is 11.3. The van der Waals surface area contributed by atoms with E-state index in [0.717, 1.165) is 12.8 Å². The van der Waals surface area contributed by atoms with Gasteiger partial charge >= 0.3 is 0 Å². The fourth-order valence-electron chi connectivity index (χ4n) is 1.86. The molecule has 0 unspecified atom stereocenters. The van der Waals surface area contributed by atoms with Crippen molar-refractivity contribution < 1.29 is 13.2 Å². The summed E-state index contributed by atoms with van der Waals surface area (Å²) >= 11 is 0. The maximum absolute atomic E-state index is 12.1. The van der Waals surface area contributed by atoms with E-state index in [1.807, 2.05) is 6.92 Å². The second-order valence-corrected chi connectivity index (χ2v) is 6.89. The summed E-state index contributed by atoms with van der Waals surface area (Å²) in [6, 6.07) is 8.06. The molecule has 22 heavy (non-hydrogen) atoms. The summed E-state index contributed by atoms with van der Waals surface area (Å²) in [5.41, 5.74) is 0. The molecule has 1 aromatic heterocycles. The number of nitrogens with zero attached hydrogens (tertiary/aromatic N) is 2. The number of benzene rings is 1. The highest BCUT2D eigenvalue weighted by molar-refractivity contribution is 7.91. The quantitative estimate of drug-likeness (QED) is 0.805. The molecular weight excluding hydrogens is 304 g/mol. The van der Waals surface area contributed by atoms with E-state index in [9.17, 15) is 13.2 Å². The number of anilines is 1. The maximum atomic E-state index is 12.1. The fraction of sp³-hybridized carbons (Fsp3) is 0.357. The standard InChI is InChI=1S/C14H18N4O3S/c1-2-6-12-15-14(18-17-12)16-13(19)9-10-22(20,21)11-7-4-3-5-8-11/h3-5,7-8H,2,6,9-10H2,1H3,(H2,15,16,17,18,19). The Morgan fingerprint density at radius 3 is 2.68 bits per heavy atom. The maximum Gasteiger partial charge on any atom is 0.248 e. The largest absolute Gasteiger partial charge is 0.293 e. The number of carbonyl (C=O) groups excluding carboxylic acids is 1. The molecule has 0 radical (unpaired) electrons. The van der Waals surface area contributed by atoms with Crippen molar-refractivity contribution in [1.82, 2.24) is 15.2 Å². The molecule has 118 valence electrons. The lowest BCUT2D eigenvalue weighted by atomic mass is 10.3. The summed E-state index contributed by atoms with van der Waals surface area (Å²) in [5, 5.41) is 9.06. The van der Waals surface area contributed by atoms with E-state index in [0.29, 0.717) is 5.82 Å². The zero-order valence-corrected chi connectivity index (χ0v) is 13.1. The molecule has 0 bridgehead atoms. The van der Waals surface area contributed by atoms with Gasteiger partial charge in [0.25, 0.3) is 0 Å². The number of nitrogens with one attached hydrogen (secondary N) is 2. The molecule has 8 heteroatoms. The second kappa shape index (κ2) is 7.17. The minimum absolute atomic E-state index is 0.144. The summed E-state index contributed by atoms with van der Waals surface area (Å²) in [4.78, 5) is 16.1. The first-order valence-corrected chi connectivity index (χ1v) is 8.65. The van der Waals surface area contributed by atoms with Gasteiger partial charge in [-0.2, -0.15) is 4.98 Å². The Hall–Kier alpha value is -2.22. The third kappa shape index (κ3) is 4.39. The Morgan fingerprint density at radius 1 is 1.27 bits per heavy atom. The molecule has 0 atom stereocenters. The van der Waals surface area contributed by atoms with Crippen LogP contribution in [0, 0.1) is 0 Å². The van der Waals surface area contributed by atoms with Crippen LogP contribution >= 0.6 is 0 Å². The molecule has 7 nitrogen and oxygen atoms in total. The van der Waals surface area contributed by atoms with Gasteiger partial charge in [0.1, 0.15) is 5.82 Å². The predicted octanol–water partition coefficient (Wildman–Crippen LogP) is 1.56. The number of aryl methyl sites for hydroxylation is 1. The van der Waals surface area contributed by atoms with Crippen molar-refractivity contribution in [2.45, 2.75) is 31.1 Å². The molecule has 2 N–H and O–H groups in total. The van der Waals surface area contributed by atoms with Gasteiger partial charge in [0.2, 0.25) is 11.9 Å². The van der Waals surface area contributed by atoms with Crippen LogP contribution in [0.5, 0.6) is 0 Å². The number of aromatic nitrogens is 3. The van der Waals surface area contributed by atoms with Crippen LogP contribution < -0.4 is 5.32 Å². The first-order valence-electron chi connectivity index (χ1n) is 7.00. The average Bonchev–Trinajstić information content (AvgIpc) is 2.94. The van der Waals surface area contributed by atoms with Crippen LogP contribution in [-0.2, 0) is 21.1 Å². The molecule has 0 fully saturated rings. The zero-order chi connectivity index (χ0) is 16.0. The lowest BCUT2D eigenvalue weighted by Gasteiger charge is -2.04. The molecule has 0 saturated carbocycles. The van der Waals surface area contributed by atoms with Gasteiger partial charge in [0, 0.05) is 12.8 Å². The van der Waals surface area contributed by atoms with Crippen molar-refractivity contribution in [1.29, 1.82) is 0 Å².